The van der Waals surface area contributed by atoms with Crippen LogP contribution in [0.2, 0.25) is 0 Å². The molecule has 0 aromatic rings. The van der Waals surface area contributed by atoms with Crippen molar-refractivity contribution < 1.29 is 4.79 Å². The Hall–Kier alpha value is -1.07. The lowest BCUT2D eigenvalue weighted by Gasteiger charge is -1.80. The second kappa shape index (κ2) is 2.29. The summed E-state index contributed by atoms with van der Waals surface area (Å²) in [4.78, 5) is 9.71. The van der Waals surface area contributed by atoms with Crippen LogP contribution in [-0.2, 0) is 4.79 Å². The van der Waals surface area contributed by atoms with Gasteiger partial charge in [-0.2, -0.15) is 0 Å². The first-order chi connectivity index (χ1) is 3.93. The molecule has 0 spiro atoms. The van der Waals surface area contributed by atoms with Gasteiger partial charge in [-0.15, -0.1) is 0 Å². The van der Waals surface area contributed by atoms with Crippen LogP contribution in [0.15, 0.2) is 29.9 Å². The van der Waals surface area contributed by atoms with Crippen LogP contribution >= 0.6 is 0 Å². The first-order valence-corrected chi connectivity index (χ1v) is 2.50. The molecule has 40 valence electrons. The quantitative estimate of drug-likeness (QED) is 0.460. The summed E-state index contributed by atoms with van der Waals surface area (Å²) in [5.74, 6) is 1.73. The van der Waals surface area contributed by atoms with Crippen LogP contribution in [0, 0.1) is 0 Å². The smallest absolute Gasteiger partial charge is 0.124 e. The van der Waals surface area contributed by atoms with Crippen molar-refractivity contribution in [1.82, 2.24) is 0 Å². The Morgan fingerprint density at radius 3 is 3.12 bits per heavy atom. The van der Waals surface area contributed by atoms with E-state index in [1.54, 1.807) is 5.94 Å². The second-order valence-corrected chi connectivity index (χ2v) is 1.64. The number of hydrogen-bond donors (Lipinski definition) is 0. The largest absolute Gasteiger partial charge is 0.233 e. The van der Waals surface area contributed by atoms with Gasteiger partial charge in [-0.1, -0.05) is 18.2 Å². The Morgan fingerprint density at radius 2 is 2.62 bits per heavy atom. The van der Waals surface area contributed by atoms with Crippen molar-refractivity contribution >= 4 is 5.94 Å². The maximum absolute atomic E-state index is 9.71. The molecule has 0 amide bonds. The monoisotopic (exact) mass is 106 g/mol. The summed E-state index contributed by atoms with van der Waals surface area (Å²) in [6, 6.07) is 0. The summed E-state index contributed by atoms with van der Waals surface area (Å²) >= 11 is 0. The average Bonchev–Trinajstić information content (AvgIpc) is 2.19. The highest BCUT2D eigenvalue weighted by Crippen LogP contribution is 2.09. The van der Waals surface area contributed by atoms with Crippen LogP contribution in [0.3, 0.4) is 0 Å². The van der Waals surface area contributed by atoms with Crippen LogP contribution in [-0.4, -0.2) is 5.94 Å². The molecule has 0 unspecified atom stereocenters. The van der Waals surface area contributed by atoms with Gasteiger partial charge in [0.1, 0.15) is 5.94 Å². The van der Waals surface area contributed by atoms with Crippen LogP contribution < -0.4 is 0 Å². The number of allylic oxidation sites excluding steroid dienone is 5. The molecule has 0 aliphatic heterocycles. The van der Waals surface area contributed by atoms with E-state index in [1.165, 1.54) is 6.08 Å². The van der Waals surface area contributed by atoms with E-state index in [0.29, 0.717) is 0 Å². The molecular weight excluding hydrogens is 100 g/mol. The third-order valence-corrected chi connectivity index (χ3v) is 1.04. The van der Waals surface area contributed by atoms with E-state index < -0.39 is 0 Å². The Labute approximate surface area is 48.0 Å². The SMILES string of the molecule is O=C=CC1=CC=CC1. The maximum atomic E-state index is 9.71. The summed E-state index contributed by atoms with van der Waals surface area (Å²) in [5.41, 5.74) is 1.04. The summed E-state index contributed by atoms with van der Waals surface area (Å²) < 4.78 is 0. The van der Waals surface area contributed by atoms with E-state index >= 15 is 0 Å². The Balaban J connectivity index is 2.64. The molecule has 1 nitrogen and oxygen atoms in total. The van der Waals surface area contributed by atoms with E-state index in [9.17, 15) is 4.79 Å². The molecule has 0 fully saturated rings. The fourth-order valence-corrected chi connectivity index (χ4v) is 0.647. The van der Waals surface area contributed by atoms with Gasteiger partial charge in [0.15, 0.2) is 0 Å². The molecule has 0 saturated heterocycles. The fourth-order valence-electron chi connectivity index (χ4n) is 0.647. The van der Waals surface area contributed by atoms with Crippen molar-refractivity contribution in [2.24, 2.45) is 0 Å². The summed E-state index contributed by atoms with van der Waals surface area (Å²) in [6.07, 6.45) is 8.19. The molecule has 0 aromatic heterocycles. The first kappa shape index (κ1) is 5.07. The molecule has 0 atom stereocenters. The van der Waals surface area contributed by atoms with Crippen molar-refractivity contribution in [2.45, 2.75) is 6.42 Å². The minimum atomic E-state index is 0.884. The van der Waals surface area contributed by atoms with Crippen LogP contribution in [0.1, 0.15) is 6.42 Å². The topological polar surface area (TPSA) is 17.1 Å². The zero-order valence-corrected chi connectivity index (χ0v) is 4.42. The van der Waals surface area contributed by atoms with Gasteiger partial charge >= 0.3 is 0 Å². The average molecular weight is 106 g/mol. The zero-order valence-electron chi connectivity index (χ0n) is 4.42. The van der Waals surface area contributed by atoms with Crippen LogP contribution in [0.25, 0.3) is 0 Å². The van der Waals surface area contributed by atoms with E-state index in [1.807, 2.05) is 18.2 Å². The molecular formula is C7H6O. The fraction of sp³-hybridized carbons (Fsp3) is 0.143. The third-order valence-electron chi connectivity index (χ3n) is 1.04. The van der Waals surface area contributed by atoms with E-state index in [4.69, 9.17) is 0 Å². The lowest BCUT2D eigenvalue weighted by molar-refractivity contribution is 0.569. The van der Waals surface area contributed by atoms with Gasteiger partial charge in [0.2, 0.25) is 0 Å². The standard InChI is InChI=1S/C7H6O/c8-6-5-7-3-1-2-4-7/h1-3,5H,4H2. The predicted molar refractivity (Wildman–Crippen MR) is 32.1 cm³/mol. The first-order valence-electron chi connectivity index (χ1n) is 2.50. The molecule has 1 rings (SSSR count). The molecule has 0 heterocycles. The summed E-state index contributed by atoms with van der Waals surface area (Å²) in [5, 5.41) is 0. The minimum absolute atomic E-state index is 0.884. The minimum Gasteiger partial charge on any atom is -0.233 e. The van der Waals surface area contributed by atoms with Crippen LogP contribution in [0.5, 0.6) is 0 Å². The summed E-state index contributed by atoms with van der Waals surface area (Å²) in [6.45, 7) is 0. The Bertz CT molecular complexity index is 181. The number of carbonyl (C=O) groups excluding carboxylic acids is 1. The molecule has 0 N–H and O–H groups in total. The van der Waals surface area contributed by atoms with Crippen LogP contribution in [0.4, 0.5) is 0 Å². The third kappa shape index (κ3) is 0.955. The molecule has 8 heavy (non-hydrogen) atoms. The number of rotatable bonds is 1. The molecule has 0 aromatic carbocycles. The van der Waals surface area contributed by atoms with Gasteiger partial charge in [-0.05, 0) is 12.0 Å². The Kier molecular flexibility index (Phi) is 1.45. The van der Waals surface area contributed by atoms with Gasteiger partial charge in [-0.3, -0.25) is 0 Å². The van der Waals surface area contributed by atoms with Gasteiger partial charge in [0.25, 0.3) is 0 Å². The zero-order chi connectivity index (χ0) is 5.82. The van der Waals surface area contributed by atoms with E-state index in [2.05, 4.69) is 0 Å². The maximum Gasteiger partial charge on any atom is 0.124 e. The highest BCUT2D eigenvalue weighted by Gasteiger charge is 1.91. The van der Waals surface area contributed by atoms with Crippen molar-refractivity contribution in [3.8, 4) is 0 Å². The Morgan fingerprint density at radius 1 is 1.75 bits per heavy atom. The predicted octanol–water partition coefficient (Wildman–Crippen LogP) is 1.26. The lowest BCUT2D eigenvalue weighted by Crippen LogP contribution is -1.66. The van der Waals surface area contributed by atoms with E-state index in [-0.39, 0.29) is 0 Å². The molecule has 0 saturated carbocycles. The molecule has 0 bridgehead atoms. The lowest BCUT2D eigenvalue weighted by atomic mass is 10.2. The van der Waals surface area contributed by atoms with Crippen molar-refractivity contribution in [2.75, 3.05) is 0 Å². The van der Waals surface area contributed by atoms with Gasteiger partial charge in [-0.25, -0.2) is 4.79 Å². The summed E-state index contributed by atoms with van der Waals surface area (Å²) in [7, 11) is 0. The van der Waals surface area contributed by atoms with Crippen molar-refractivity contribution in [3.05, 3.63) is 29.9 Å². The highest BCUT2D eigenvalue weighted by molar-refractivity contribution is 5.54. The normalized spacial score (nSPS) is 15.2. The van der Waals surface area contributed by atoms with Crippen molar-refractivity contribution in [1.29, 1.82) is 0 Å². The molecule has 0 radical (unpaired) electrons. The molecule has 1 heteroatoms. The van der Waals surface area contributed by atoms with Gasteiger partial charge < -0.3 is 0 Å². The molecule has 1 aliphatic rings. The molecule has 1 aliphatic carbocycles. The van der Waals surface area contributed by atoms with E-state index in [0.717, 1.165) is 12.0 Å². The van der Waals surface area contributed by atoms with Gasteiger partial charge in [0.05, 0.1) is 0 Å². The van der Waals surface area contributed by atoms with Gasteiger partial charge in [0, 0.05) is 6.08 Å². The van der Waals surface area contributed by atoms with Crippen molar-refractivity contribution in [3.63, 3.8) is 0 Å². The second-order valence-electron chi connectivity index (χ2n) is 1.64. The number of hydrogen-bond acceptors (Lipinski definition) is 1. The highest BCUT2D eigenvalue weighted by atomic mass is 16.1.